The van der Waals surface area contributed by atoms with Crippen LogP contribution in [0.15, 0.2) is 24.3 Å². The normalized spacial score (nSPS) is 21.5. The summed E-state index contributed by atoms with van der Waals surface area (Å²) in [5, 5.41) is 25.4. The molecule has 2 aliphatic rings. The Hall–Kier alpha value is -7.14. The maximum atomic E-state index is 13.3. The van der Waals surface area contributed by atoms with Crippen LogP contribution in [0.3, 0.4) is 0 Å². The highest BCUT2D eigenvalue weighted by atomic mass is 16.2. The van der Waals surface area contributed by atoms with Gasteiger partial charge < -0.3 is 63.4 Å². The number of benzene rings is 1. The number of nitrogens with zero attached hydrogens (tertiary/aromatic N) is 1. The molecule has 12 amide bonds. The fourth-order valence-corrected chi connectivity index (χ4v) is 5.61. The van der Waals surface area contributed by atoms with Crippen molar-refractivity contribution in [3.05, 3.63) is 35.4 Å². The van der Waals surface area contributed by atoms with Crippen LogP contribution in [0, 0.1) is 6.92 Å². The average molecular weight is 857 g/mol. The standard InChI is InChI=1S/C37H52N12O12/c1-22-5-7-23(8-6-22)11-24-36(60)46-19-33(57)43-16-30(54)40-15-29(53)42-18-32(56)45-21-35(59)48-25(37(61)49-9-3-2-4-10-49)12-26(50)38-13-27(51)39-14-28(52)41-17-31(55)44-20-34(58)47-24/h5-8,24-25H,2-4,9-21H2,1H3,(H,38,50)(H,39,51)(H,40,54)(H,41,52)(H,42,53)(H,43,57)(H,44,55)(H,45,56)(H,46,60)(H,47,58)(H,48,59). The molecule has 24 nitrogen and oxygen atoms in total. The molecule has 2 unspecified atom stereocenters. The number of carbonyl (C=O) groups is 12. The number of rotatable bonds is 3. The summed E-state index contributed by atoms with van der Waals surface area (Å²) in [7, 11) is 0. The molecular formula is C37H52N12O12. The van der Waals surface area contributed by atoms with Crippen molar-refractivity contribution < 1.29 is 57.5 Å². The molecule has 2 saturated heterocycles. The van der Waals surface area contributed by atoms with E-state index in [0.717, 1.165) is 12.0 Å². The van der Waals surface area contributed by atoms with Crippen LogP contribution in [-0.2, 0) is 64.0 Å². The Bertz CT molecular complexity index is 1820. The number of aryl methyl sites for hydroxylation is 1. The van der Waals surface area contributed by atoms with E-state index in [2.05, 4.69) is 58.5 Å². The van der Waals surface area contributed by atoms with Crippen LogP contribution < -0.4 is 58.5 Å². The first-order valence-corrected chi connectivity index (χ1v) is 19.4. The Morgan fingerprint density at radius 2 is 0.836 bits per heavy atom. The van der Waals surface area contributed by atoms with Crippen molar-refractivity contribution in [2.24, 2.45) is 0 Å². The average Bonchev–Trinajstić information content (AvgIpc) is 3.24. The van der Waals surface area contributed by atoms with E-state index in [4.69, 9.17) is 0 Å². The van der Waals surface area contributed by atoms with E-state index in [-0.39, 0.29) is 6.42 Å². The van der Waals surface area contributed by atoms with Crippen molar-refractivity contribution in [2.45, 2.75) is 51.1 Å². The Morgan fingerprint density at radius 1 is 0.475 bits per heavy atom. The summed E-state index contributed by atoms with van der Waals surface area (Å²) < 4.78 is 0. The molecule has 0 bridgehead atoms. The molecule has 332 valence electrons. The largest absolute Gasteiger partial charge is 0.347 e. The highest BCUT2D eigenvalue weighted by molar-refractivity contribution is 5.96. The lowest BCUT2D eigenvalue weighted by Crippen LogP contribution is -2.54. The van der Waals surface area contributed by atoms with Crippen LogP contribution in [0.2, 0.25) is 0 Å². The van der Waals surface area contributed by atoms with E-state index >= 15 is 0 Å². The fourth-order valence-electron chi connectivity index (χ4n) is 5.61. The van der Waals surface area contributed by atoms with Crippen molar-refractivity contribution in [3.63, 3.8) is 0 Å². The second kappa shape index (κ2) is 25.4. The molecule has 61 heavy (non-hydrogen) atoms. The zero-order valence-electron chi connectivity index (χ0n) is 33.6. The molecule has 2 heterocycles. The first kappa shape index (κ1) is 48.2. The maximum Gasteiger partial charge on any atom is 0.245 e. The maximum absolute atomic E-state index is 13.3. The molecule has 0 saturated carbocycles. The number of hydrogen-bond acceptors (Lipinski definition) is 12. The van der Waals surface area contributed by atoms with Crippen molar-refractivity contribution in [2.75, 3.05) is 72.0 Å². The molecule has 1 aromatic rings. The number of carbonyl (C=O) groups excluding carboxylic acids is 12. The molecule has 0 aromatic heterocycles. The summed E-state index contributed by atoms with van der Waals surface area (Å²) in [4.78, 5) is 152. The van der Waals surface area contributed by atoms with Gasteiger partial charge in [0.1, 0.15) is 12.1 Å². The van der Waals surface area contributed by atoms with E-state index in [9.17, 15) is 57.5 Å². The number of likely N-dealkylation sites (tertiary alicyclic amines) is 1. The Kier molecular flexibility index (Phi) is 20.1. The lowest BCUT2D eigenvalue weighted by molar-refractivity contribution is -0.139. The third kappa shape index (κ3) is 19.4. The molecule has 2 aliphatic heterocycles. The van der Waals surface area contributed by atoms with Gasteiger partial charge in [-0.1, -0.05) is 29.8 Å². The molecule has 0 radical (unpaired) electrons. The zero-order chi connectivity index (χ0) is 44.7. The van der Waals surface area contributed by atoms with Gasteiger partial charge in [0.15, 0.2) is 0 Å². The molecule has 0 aliphatic carbocycles. The summed E-state index contributed by atoms with van der Waals surface area (Å²) in [6.07, 6.45) is 1.76. The van der Waals surface area contributed by atoms with Gasteiger partial charge in [0.2, 0.25) is 70.9 Å². The lowest BCUT2D eigenvalue weighted by Gasteiger charge is -2.30. The van der Waals surface area contributed by atoms with Crippen LogP contribution in [0.5, 0.6) is 0 Å². The van der Waals surface area contributed by atoms with Crippen molar-refractivity contribution in [3.8, 4) is 0 Å². The monoisotopic (exact) mass is 856 g/mol. The van der Waals surface area contributed by atoms with Gasteiger partial charge in [-0.3, -0.25) is 57.5 Å². The van der Waals surface area contributed by atoms with Gasteiger partial charge >= 0.3 is 0 Å². The van der Waals surface area contributed by atoms with Gasteiger partial charge in [0.25, 0.3) is 0 Å². The summed E-state index contributed by atoms with van der Waals surface area (Å²) in [5.74, 6) is -9.28. The van der Waals surface area contributed by atoms with Crippen LogP contribution >= 0.6 is 0 Å². The van der Waals surface area contributed by atoms with Gasteiger partial charge in [0.05, 0.1) is 65.3 Å². The topological polar surface area (TPSA) is 340 Å². The van der Waals surface area contributed by atoms with Crippen molar-refractivity contribution >= 4 is 70.9 Å². The van der Waals surface area contributed by atoms with Gasteiger partial charge in [-0.2, -0.15) is 0 Å². The molecule has 2 fully saturated rings. The van der Waals surface area contributed by atoms with Gasteiger partial charge in [-0.05, 0) is 31.7 Å². The Labute approximate surface area is 349 Å². The molecular weight excluding hydrogens is 804 g/mol. The molecule has 1 aromatic carbocycles. The van der Waals surface area contributed by atoms with Crippen molar-refractivity contribution in [1.82, 2.24) is 63.4 Å². The molecule has 24 heteroatoms. The minimum Gasteiger partial charge on any atom is -0.347 e. The number of nitrogens with one attached hydrogen (secondary N) is 11. The first-order chi connectivity index (χ1) is 29.1. The second-order valence-corrected chi connectivity index (χ2v) is 14.0. The SMILES string of the molecule is Cc1ccc(CC2NC(=O)CNC(=O)CNC(=O)CNC(=O)CNC(=O)CC(C(=O)N3CCCCC3)NC(=O)CNC(=O)CNC(=O)CNC(=O)CNC(=O)CNC2=O)cc1. The highest BCUT2D eigenvalue weighted by Gasteiger charge is 2.29. The van der Waals surface area contributed by atoms with E-state index in [1.807, 2.05) is 6.92 Å². The van der Waals surface area contributed by atoms with Gasteiger partial charge in [-0.15, -0.1) is 0 Å². The fraction of sp³-hybridized carbons (Fsp3) is 0.514. The molecule has 0 spiro atoms. The van der Waals surface area contributed by atoms with Crippen LogP contribution in [0.1, 0.15) is 36.8 Å². The van der Waals surface area contributed by atoms with Crippen LogP contribution in [0.25, 0.3) is 0 Å². The third-order valence-corrected chi connectivity index (χ3v) is 8.89. The first-order valence-electron chi connectivity index (χ1n) is 19.4. The molecule has 3 rings (SSSR count). The zero-order valence-corrected chi connectivity index (χ0v) is 33.6. The predicted molar refractivity (Wildman–Crippen MR) is 211 cm³/mol. The molecule has 11 N–H and O–H groups in total. The van der Waals surface area contributed by atoms with E-state index in [1.165, 1.54) is 4.90 Å². The van der Waals surface area contributed by atoms with E-state index < -0.39 is 148 Å². The Balaban J connectivity index is 1.64. The van der Waals surface area contributed by atoms with E-state index in [0.29, 0.717) is 31.5 Å². The minimum atomic E-state index is -1.36. The minimum absolute atomic E-state index is 0.000723. The number of piperidine rings is 1. The predicted octanol–water partition coefficient (Wildman–Crippen LogP) is -7.03. The molecule has 2 atom stereocenters. The number of amides is 12. The second-order valence-electron chi connectivity index (χ2n) is 14.0. The quantitative estimate of drug-likeness (QED) is 0.135. The van der Waals surface area contributed by atoms with Crippen molar-refractivity contribution in [1.29, 1.82) is 0 Å². The summed E-state index contributed by atoms with van der Waals surface area (Å²) in [6.45, 7) is -2.73. The van der Waals surface area contributed by atoms with Crippen LogP contribution in [-0.4, -0.2) is 160 Å². The smallest absolute Gasteiger partial charge is 0.245 e. The highest BCUT2D eigenvalue weighted by Crippen LogP contribution is 2.11. The van der Waals surface area contributed by atoms with Gasteiger partial charge in [-0.25, -0.2) is 0 Å². The van der Waals surface area contributed by atoms with E-state index in [1.54, 1.807) is 24.3 Å². The van der Waals surface area contributed by atoms with Crippen LogP contribution in [0.4, 0.5) is 0 Å². The summed E-state index contributed by atoms with van der Waals surface area (Å²) in [6, 6.07) is 4.49. The van der Waals surface area contributed by atoms with Gasteiger partial charge in [0, 0.05) is 19.5 Å². The third-order valence-electron chi connectivity index (χ3n) is 8.89. The Morgan fingerprint density at radius 3 is 1.26 bits per heavy atom. The number of hydrogen-bond donors (Lipinski definition) is 11. The summed E-state index contributed by atoms with van der Waals surface area (Å²) >= 11 is 0. The lowest BCUT2D eigenvalue weighted by atomic mass is 10.0. The summed E-state index contributed by atoms with van der Waals surface area (Å²) in [5.41, 5.74) is 1.60.